The molecule has 0 aromatic heterocycles. The number of carbonyl (C=O) groups is 2. The average molecular weight is 419 g/mol. The van der Waals surface area contributed by atoms with Crippen LogP contribution in [-0.2, 0) is 16.1 Å². The molecule has 1 saturated carbocycles. The van der Waals surface area contributed by atoms with Crippen LogP contribution in [0.25, 0.3) is 5.57 Å². The van der Waals surface area contributed by atoms with Crippen molar-refractivity contribution in [1.29, 1.82) is 0 Å². The van der Waals surface area contributed by atoms with E-state index < -0.39 is 0 Å². The van der Waals surface area contributed by atoms with Crippen LogP contribution in [0.2, 0.25) is 0 Å². The van der Waals surface area contributed by atoms with Crippen LogP contribution in [0.3, 0.4) is 0 Å². The van der Waals surface area contributed by atoms with Gasteiger partial charge in [-0.2, -0.15) is 0 Å². The number of likely N-dealkylation sites (N-methyl/N-ethyl adjacent to an activating group) is 1. The minimum absolute atomic E-state index is 0.0326. The zero-order valence-electron chi connectivity index (χ0n) is 18.3. The Labute approximate surface area is 184 Å². The van der Waals surface area contributed by atoms with E-state index in [1.54, 1.807) is 7.11 Å². The van der Waals surface area contributed by atoms with Gasteiger partial charge in [0.2, 0.25) is 0 Å². The Morgan fingerprint density at radius 3 is 2.23 bits per heavy atom. The Morgan fingerprint density at radius 2 is 1.55 bits per heavy atom. The third-order valence-electron chi connectivity index (χ3n) is 6.30. The molecule has 2 amide bonds. The van der Waals surface area contributed by atoms with Crippen molar-refractivity contribution in [3.05, 3.63) is 71.4 Å². The summed E-state index contributed by atoms with van der Waals surface area (Å²) in [5, 5.41) is 0. The Hall–Kier alpha value is -3.08. The quantitative estimate of drug-likeness (QED) is 0.507. The fourth-order valence-electron chi connectivity index (χ4n) is 4.77. The van der Waals surface area contributed by atoms with E-state index in [0.717, 1.165) is 31.2 Å². The molecule has 5 heteroatoms. The number of nitrogens with zero attached hydrogens (tertiary/aromatic N) is 2. The van der Waals surface area contributed by atoms with E-state index >= 15 is 0 Å². The normalized spacial score (nSPS) is 17.8. The van der Waals surface area contributed by atoms with Crippen molar-refractivity contribution in [1.82, 2.24) is 9.80 Å². The smallest absolute Gasteiger partial charge is 0.278 e. The Balaban J connectivity index is 1.77. The fraction of sp³-hybridized carbons (Fsp3) is 0.385. The molecule has 0 radical (unpaired) electrons. The summed E-state index contributed by atoms with van der Waals surface area (Å²) in [6, 6.07) is 17.4. The highest BCUT2D eigenvalue weighted by atomic mass is 16.5. The molecule has 1 fully saturated rings. The molecule has 2 aliphatic rings. The van der Waals surface area contributed by atoms with E-state index in [4.69, 9.17) is 4.74 Å². The summed E-state index contributed by atoms with van der Waals surface area (Å²) in [6.07, 6.45) is 6.21. The van der Waals surface area contributed by atoms with Gasteiger partial charge in [-0.15, -0.1) is 0 Å². The van der Waals surface area contributed by atoms with Gasteiger partial charge in [0.25, 0.3) is 11.8 Å². The molecular formula is C26H30N2O3. The molecule has 4 rings (SSSR count). The topological polar surface area (TPSA) is 49.9 Å². The Bertz CT molecular complexity index is 975. The first-order valence-corrected chi connectivity index (χ1v) is 11.1. The largest absolute Gasteiger partial charge is 0.496 e. The van der Waals surface area contributed by atoms with Gasteiger partial charge in [0.05, 0.1) is 12.7 Å². The van der Waals surface area contributed by atoms with Gasteiger partial charge in [-0.3, -0.25) is 14.5 Å². The van der Waals surface area contributed by atoms with Crippen molar-refractivity contribution in [2.45, 2.75) is 51.1 Å². The maximum Gasteiger partial charge on any atom is 0.278 e. The van der Waals surface area contributed by atoms with Crippen LogP contribution < -0.4 is 4.74 Å². The third-order valence-corrected chi connectivity index (χ3v) is 6.30. The molecule has 1 aliphatic heterocycles. The van der Waals surface area contributed by atoms with Crippen molar-refractivity contribution < 1.29 is 14.3 Å². The van der Waals surface area contributed by atoms with Gasteiger partial charge in [-0.05, 0) is 24.5 Å². The first kappa shape index (κ1) is 21.2. The van der Waals surface area contributed by atoms with Crippen LogP contribution in [0, 0.1) is 0 Å². The third kappa shape index (κ3) is 4.22. The monoisotopic (exact) mass is 418 g/mol. The van der Waals surface area contributed by atoms with Crippen molar-refractivity contribution in [2.75, 3.05) is 14.2 Å². The highest BCUT2D eigenvalue weighted by Gasteiger charge is 2.44. The predicted molar refractivity (Wildman–Crippen MR) is 121 cm³/mol. The Morgan fingerprint density at radius 1 is 0.903 bits per heavy atom. The van der Waals surface area contributed by atoms with Gasteiger partial charge >= 0.3 is 0 Å². The van der Waals surface area contributed by atoms with E-state index in [2.05, 4.69) is 0 Å². The molecule has 1 heterocycles. The lowest BCUT2D eigenvalue weighted by molar-refractivity contribution is -0.140. The van der Waals surface area contributed by atoms with E-state index in [-0.39, 0.29) is 17.9 Å². The summed E-state index contributed by atoms with van der Waals surface area (Å²) in [5.74, 6) is 0.222. The summed E-state index contributed by atoms with van der Waals surface area (Å²) in [4.78, 5) is 30.9. The van der Waals surface area contributed by atoms with E-state index in [1.807, 2.05) is 66.5 Å². The highest BCUT2D eigenvalue weighted by molar-refractivity contribution is 6.36. The molecule has 2 aromatic rings. The number of imide groups is 1. The van der Waals surface area contributed by atoms with Crippen LogP contribution in [0.15, 0.2) is 60.3 Å². The molecule has 1 aliphatic carbocycles. The lowest BCUT2D eigenvalue weighted by atomic mass is 10.0. The summed E-state index contributed by atoms with van der Waals surface area (Å²) >= 11 is 0. The second-order valence-corrected chi connectivity index (χ2v) is 8.39. The minimum atomic E-state index is -0.198. The van der Waals surface area contributed by atoms with Gasteiger partial charge in [0.1, 0.15) is 11.4 Å². The van der Waals surface area contributed by atoms with Crippen LogP contribution in [0.1, 0.15) is 49.7 Å². The molecule has 0 unspecified atom stereocenters. The molecule has 0 atom stereocenters. The highest BCUT2D eigenvalue weighted by Crippen LogP contribution is 2.38. The number of amides is 2. The number of benzene rings is 2. The lowest BCUT2D eigenvalue weighted by Gasteiger charge is -2.27. The molecular weight excluding hydrogens is 388 g/mol. The molecule has 0 spiro atoms. The number of rotatable bonds is 6. The van der Waals surface area contributed by atoms with Crippen LogP contribution in [0.5, 0.6) is 5.75 Å². The summed E-state index contributed by atoms with van der Waals surface area (Å²) in [6.45, 7) is 0.548. The number of hydrogen-bond acceptors (Lipinski definition) is 4. The first-order chi connectivity index (χ1) is 15.1. The van der Waals surface area contributed by atoms with Crippen LogP contribution in [0.4, 0.5) is 0 Å². The number of hydrogen-bond donors (Lipinski definition) is 0. The number of ether oxygens (including phenoxy) is 1. The zero-order chi connectivity index (χ0) is 21.8. The van der Waals surface area contributed by atoms with Gasteiger partial charge in [-0.25, -0.2) is 0 Å². The number of methoxy groups -OCH3 is 1. The van der Waals surface area contributed by atoms with Crippen LogP contribution >= 0.6 is 0 Å². The standard InChI is InChI=1S/C26H30N2O3/c1-27(18-19-12-6-5-7-13-19)24-23(21-16-10-11-17-22(21)31-2)25(29)28(26(24)30)20-14-8-3-4-9-15-20/h5-7,10-13,16-17,20H,3-4,8-9,14-15,18H2,1-2H3. The summed E-state index contributed by atoms with van der Waals surface area (Å²) in [7, 11) is 3.48. The van der Waals surface area contributed by atoms with E-state index in [1.165, 1.54) is 17.7 Å². The van der Waals surface area contributed by atoms with Gasteiger partial charge in [0, 0.05) is 25.2 Å². The van der Waals surface area contributed by atoms with Crippen molar-refractivity contribution in [2.24, 2.45) is 0 Å². The molecule has 0 N–H and O–H groups in total. The zero-order valence-corrected chi connectivity index (χ0v) is 18.3. The molecule has 31 heavy (non-hydrogen) atoms. The maximum atomic E-state index is 13.7. The SMILES string of the molecule is COc1ccccc1C1=C(N(C)Cc2ccccc2)C(=O)N(C2CCCCCC2)C1=O. The van der Waals surface area contributed by atoms with Crippen molar-refractivity contribution >= 4 is 17.4 Å². The molecule has 5 nitrogen and oxygen atoms in total. The van der Waals surface area contributed by atoms with Gasteiger partial charge in [0.15, 0.2) is 0 Å². The molecule has 2 aromatic carbocycles. The minimum Gasteiger partial charge on any atom is -0.496 e. The summed E-state index contributed by atoms with van der Waals surface area (Å²) < 4.78 is 5.55. The van der Waals surface area contributed by atoms with Gasteiger partial charge in [-0.1, -0.05) is 74.2 Å². The van der Waals surface area contributed by atoms with E-state index in [0.29, 0.717) is 29.1 Å². The second-order valence-electron chi connectivity index (χ2n) is 8.39. The van der Waals surface area contributed by atoms with Gasteiger partial charge < -0.3 is 9.64 Å². The van der Waals surface area contributed by atoms with Crippen molar-refractivity contribution in [3.8, 4) is 5.75 Å². The lowest BCUT2D eigenvalue weighted by Crippen LogP contribution is -2.42. The van der Waals surface area contributed by atoms with E-state index in [9.17, 15) is 9.59 Å². The fourth-order valence-corrected chi connectivity index (χ4v) is 4.77. The molecule has 162 valence electrons. The first-order valence-electron chi connectivity index (χ1n) is 11.1. The Kier molecular flexibility index (Phi) is 6.40. The van der Waals surface area contributed by atoms with Crippen molar-refractivity contribution in [3.63, 3.8) is 0 Å². The number of carbonyl (C=O) groups excluding carboxylic acids is 2. The van der Waals surface area contributed by atoms with Crippen LogP contribution in [-0.4, -0.2) is 41.8 Å². The number of para-hydroxylation sites is 1. The molecule has 0 bridgehead atoms. The average Bonchev–Trinajstić information content (AvgIpc) is 2.94. The second kappa shape index (κ2) is 9.38. The molecule has 0 saturated heterocycles. The predicted octanol–water partition coefficient (Wildman–Crippen LogP) is 4.63. The maximum absolute atomic E-state index is 13.7. The summed E-state index contributed by atoms with van der Waals surface area (Å²) in [5.41, 5.74) is 2.67.